The number of nitrogens with zero attached hydrogens (tertiary/aromatic N) is 1. The standard InChI is InChI=1S/C21H28F3NO2/c1-20(2,27)14-18(26)10-6-5-9-17-8-4-3-7-15-13-16(21(22,23)24)11-12-19(15)25-17/h11-13,27H,3-10,14H2,1-2H3. The third-order valence-electron chi connectivity index (χ3n) is 4.65. The fourth-order valence-corrected chi connectivity index (χ4v) is 3.34. The summed E-state index contributed by atoms with van der Waals surface area (Å²) >= 11 is 0. The molecule has 6 heteroatoms. The number of unbranched alkanes of at least 4 members (excludes halogenated alkanes) is 1. The summed E-state index contributed by atoms with van der Waals surface area (Å²) in [5.74, 6) is 0.0483. The van der Waals surface area contributed by atoms with E-state index in [1.807, 2.05) is 0 Å². The SMILES string of the molecule is CC(C)(O)CC(=O)CCCCC1=Nc2ccc(C(F)(F)F)cc2CCCC1. The molecule has 1 aliphatic rings. The summed E-state index contributed by atoms with van der Waals surface area (Å²) in [6, 6.07) is 3.78. The molecule has 0 amide bonds. The molecule has 0 saturated carbocycles. The van der Waals surface area contributed by atoms with Gasteiger partial charge in [0.25, 0.3) is 0 Å². The van der Waals surface area contributed by atoms with Crippen molar-refractivity contribution < 1.29 is 23.1 Å². The second-order valence-corrected chi connectivity index (χ2v) is 7.96. The van der Waals surface area contributed by atoms with E-state index in [-0.39, 0.29) is 12.2 Å². The van der Waals surface area contributed by atoms with E-state index >= 15 is 0 Å². The first-order chi connectivity index (χ1) is 12.5. The lowest BCUT2D eigenvalue weighted by Gasteiger charge is -2.16. The normalized spacial score (nSPS) is 15.6. The summed E-state index contributed by atoms with van der Waals surface area (Å²) in [7, 11) is 0. The van der Waals surface area contributed by atoms with Crippen molar-refractivity contribution in [2.24, 2.45) is 4.99 Å². The van der Waals surface area contributed by atoms with Gasteiger partial charge in [0.05, 0.1) is 16.9 Å². The maximum Gasteiger partial charge on any atom is 0.416 e. The number of alkyl halides is 3. The van der Waals surface area contributed by atoms with Crippen LogP contribution in [0.25, 0.3) is 0 Å². The van der Waals surface area contributed by atoms with Crippen molar-refractivity contribution in [2.75, 3.05) is 0 Å². The van der Waals surface area contributed by atoms with E-state index in [1.165, 1.54) is 12.1 Å². The van der Waals surface area contributed by atoms with Gasteiger partial charge in [0, 0.05) is 18.6 Å². The molecule has 2 rings (SSSR count). The maximum absolute atomic E-state index is 12.9. The summed E-state index contributed by atoms with van der Waals surface area (Å²) in [5, 5.41) is 9.66. The van der Waals surface area contributed by atoms with Crippen LogP contribution in [0.4, 0.5) is 18.9 Å². The molecule has 0 aliphatic carbocycles. The van der Waals surface area contributed by atoms with E-state index in [1.54, 1.807) is 13.8 Å². The predicted octanol–water partition coefficient (Wildman–Crippen LogP) is 5.79. The number of carbonyl (C=O) groups is 1. The molecule has 0 bridgehead atoms. The third-order valence-corrected chi connectivity index (χ3v) is 4.65. The Labute approximate surface area is 158 Å². The largest absolute Gasteiger partial charge is 0.416 e. The van der Waals surface area contributed by atoms with Crippen LogP contribution in [0.1, 0.15) is 76.3 Å². The molecule has 0 unspecified atom stereocenters. The number of hydrogen-bond acceptors (Lipinski definition) is 3. The average molecular weight is 383 g/mol. The molecular weight excluding hydrogens is 355 g/mol. The minimum absolute atomic E-state index is 0.0483. The number of benzene rings is 1. The Morgan fingerprint density at radius 2 is 1.85 bits per heavy atom. The summed E-state index contributed by atoms with van der Waals surface area (Å²) < 4.78 is 38.7. The highest BCUT2D eigenvalue weighted by atomic mass is 19.4. The van der Waals surface area contributed by atoms with Gasteiger partial charge in [-0.25, -0.2) is 0 Å². The number of aliphatic imine (C=N–C) groups is 1. The van der Waals surface area contributed by atoms with Crippen molar-refractivity contribution in [1.82, 2.24) is 0 Å². The Morgan fingerprint density at radius 3 is 2.52 bits per heavy atom. The van der Waals surface area contributed by atoms with E-state index in [9.17, 15) is 23.1 Å². The van der Waals surface area contributed by atoms with Crippen LogP contribution in [-0.4, -0.2) is 22.2 Å². The molecule has 1 aliphatic heterocycles. The number of hydrogen-bond donors (Lipinski definition) is 1. The minimum Gasteiger partial charge on any atom is -0.390 e. The zero-order chi connectivity index (χ0) is 20.1. The summed E-state index contributed by atoms with van der Waals surface area (Å²) in [6.07, 6.45) is 1.75. The number of Topliss-reactive ketones (excluding diaryl/α,β-unsaturated/α-hetero) is 1. The Bertz CT molecular complexity index is 688. The molecule has 27 heavy (non-hydrogen) atoms. The summed E-state index contributed by atoms with van der Waals surface area (Å²) in [4.78, 5) is 16.4. The van der Waals surface area contributed by atoms with E-state index in [0.717, 1.165) is 50.3 Å². The van der Waals surface area contributed by atoms with Crippen molar-refractivity contribution in [2.45, 2.75) is 83.4 Å². The molecule has 150 valence electrons. The van der Waals surface area contributed by atoms with Crippen LogP contribution in [0.15, 0.2) is 23.2 Å². The zero-order valence-corrected chi connectivity index (χ0v) is 16.0. The van der Waals surface area contributed by atoms with Crippen molar-refractivity contribution in [3.63, 3.8) is 0 Å². The maximum atomic E-state index is 12.9. The summed E-state index contributed by atoms with van der Waals surface area (Å²) in [5.41, 5.74) is 0.687. The second kappa shape index (κ2) is 9.00. The number of halogens is 3. The first-order valence-corrected chi connectivity index (χ1v) is 9.55. The van der Waals surface area contributed by atoms with E-state index in [0.29, 0.717) is 24.1 Å². The highest BCUT2D eigenvalue weighted by Gasteiger charge is 2.31. The number of rotatable bonds is 7. The molecule has 1 aromatic carbocycles. The molecule has 0 spiro atoms. The Morgan fingerprint density at radius 1 is 1.15 bits per heavy atom. The second-order valence-electron chi connectivity index (χ2n) is 7.96. The smallest absolute Gasteiger partial charge is 0.390 e. The van der Waals surface area contributed by atoms with Gasteiger partial charge in [-0.2, -0.15) is 13.2 Å². The molecule has 3 nitrogen and oxygen atoms in total. The third kappa shape index (κ3) is 7.45. The van der Waals surface area contributed by atoms with Gasteiger partial charge in [-0.15, -0.1) is 0 Å². The first-order valence-electron chi connectivity index (χ1n) is 9.55. The van der Waals surface area contributed by atoms with Crippen LogP contribution in [0.3, 0.4) is 0 Å². The molecule has 1 aromatic rings. The van der Waals surface area contributed by atoms with E-state index < -0.39 is 17.3 Å². The summed E-state index contributed by atoms with van der Waals surface area (Å²) in [6.45, 7) is 3.24. The molecule has 0 atom stereocenters. The zero-order valence-electron chi connectivity index (χ0n) is 16.0. The average Bonchev–Trinajstić information content (AvgIpc) is 2.50. The van der Waals surface area contributed by atoms with Crippen LogP contribution < -0.4 is 0 Å². The van der Waals surface area contributed by atoms with Crippen LogP contribution in [0, 0.1) is 0 Å². The van der Waals surface area contributed by atoms with Gasteiger partial charge in [0.15, 0.2) is 0 Å². The Balaban J connectivity index is 1.96. The van der Waals surface area contributed by atoms with Crippen LogP contribution >= 0.6 is 0 Å². The van der Waals surface area contributed by atoms with Gasteiger partial charge in [-0.1, -0.05) is 0 Å². The van der Waals surface area contributed by atoms with Crippen LogP contribution in [0.5, 0.6) is 0 Å². The highest BCUT2D eigenvalue weighted by Crippen LogP contribution is 2.34. The predicted molar refractivity (Wildman–Crippen MR) is 100 cm³/mol. The Hall–Kier alpha value is -1.69. The molecule has 0 radical (unpaired) electrons. The number of ketones is 1. The van der Waals surface area contributed by atoms with Gasteiger partial charge >= 0.3 is 6.18 Å². The first kappa shape index (κ1) is 21.6. The quantitative estimate of drug-likeness (QED) is 0.606. The molecular formula is C21H28F3NO2. The molecule has 0 saturated heterocycles. The van der Waals surface area contributed by atoms with Crippen LogP contribution in [0.2, 0.25) is 0 Å². The number of aryl methyl sites for hydroxylation is 1. The fourth-order valence-electron chi connectivity index (χ4n) is 3.34. The number of fused-ring (bicyclic) bond motifs is 1. The lowest BCUT2D eigenvalue weighted by Crippen LogP contribution is -2.23. The molecule has 0 aromatic heterocycles. The van der Waals surface area contributed by atoms with Crippen molar-refractivity contribution in [3.8, 4) is 0 Å². The van der Waals surface area contributed by atoms with Crippen molar-refractivity contribution >= 4 is 17.2 Å². The van der Waals surface area contributed by atoms with Gasteiger partial charge in [0.1, 0.15) is 5.78 Å². The van der Waals surface area contributed by atoms with Gasteiger partial charge < -0.3 is 5.11 Å². The highest BCUT2D eigenvalue weighted by molar-refractivity contribution is 5.87. The van der Waals surface area contributed by atoms with E-state index in [4.69, 9.17) is 0 Å². The van der Waals surface area contributed by atoms with Gasteiger partial charge in [0.2, 0.25) is 0 Å². The fraction of sp³-hybridized carbons (Fsp3) is 0.619. The number of carbonyl (C=O) groups excluding carboxylic acids is 1. The Kier molecular flexibility index (Phi) is 7.20. The lowest BCUT2D eigenvalue weighted by atomic mass is 9.96. The molecule has 0 fully saturated rings. The number of aliphatic hydroxyl groups is 1. The molecule has 1 N–H and O–H groups in total. The van der Waals surface area contributed by atoms with Gasteiger partial charge in [-0.3, -0.25) is 9.79 Å². The lowest BCUT2D eigenvalue weighted by molar-refractivity contribution is -0.137. The monoisotopic (exact) mass is 383 g/mol. The van der Waals surface area contributed by atoms with Crippen molar-refractivity contribution in [3.05, 3.63) is 29.3 Å². The minimum atomic E-state index is -4.33. The van der Waals surface area contributed by atoms with Crippen LogP contribution in [-0.2, 0) is 17.4 Å². The van der Waals surface area contributed by atoms with Crippen molar-refractivity contribution in [1.29, 1.82) is 0 Å². The van der Waals surface area contributed by atoms with Gasteiger partial charge in [-0.05, 0) is 82.6 Å². The molecule has 1 heterocycles. The van der Waals surface area contributed by atoms with E-state index in [2.05, 4.69) is 4.99 Å². The topological polar surface area (TPSA) is 49.7 Å².